The number of ether oxygens (including phenoxy) is 1. The van der Waals surface area contributed by atoms with Crippen LogP contribution in [0.5, 0.6) is 0 Å². The maximum Gasteiger partial charge on any atom is 0.0514 e. The third-order valence-electron chi connectivity index (χ3n) is 3.17. The van der Waals surface area contributed by atoms with E-state index in [1.165, 1.54) is 38.9 Å². The number of hydrogen-bond acceptors (Lipinski definition) is 2. The number of likely N-dealkylation sites (tertiary alicyclic amines) is 1. The highest BCUT2D eigenvalue weighted by Crippen LogP contribution is 2.16. The second-order valence-electron chi connectivity index (χ2n) is 6.49. The fraction of sp³-hybridized carbons (Fsp3) is 1.00. The number of nitrogens with zero attached hydrogens (tertiary/aromatic N) is 1. The first-order valence-corrected chi connectivity index (χ1v) is 6.77. The van der Waals surface area contributed by atoms with Gasteiger partial charge in [-0.15, -0.1) is 0 Å². The Kier molecular flexibility index (Phi) is 5.77. The molecule has 0 aromatic rings. The van der Waals surface area contributed by atoms with Crippen molar-refractivity contribution < 1.29 is 4.74 Å². The summed E-state index contributed by atoms with van der Waals surface area (Å²) in [5.41, 5.74) is 0.306. The monoisotopic (exact) mass is 227 g/mol. The molecule has 0 atom stereocenters. The van der Waals surface area contributed by atoms with Crippen molar-refractivity contribution in [3.05, 3.63) is 0 Å². The fourth-order valence-corrected chi connectivity index (χ4v) is 2.05. The molecule has 1 heterocycles. The Labute approximate surface area is 101 Å². The van der Waals surface area contributed by atoms with Crippen molar-refractivity contribution in [1.82, 2.24) is 4.90 Å². The summed E-state index contributed by atoms with van der Waals surface area (Å²) < 4.78 is 5.68. The maximum absolute atomic E-state index is 5.68. The summed E-state index contributed by atoms with van der Waals surface area (Å²) in [5, 5.41) is 0. The van der Waals surface area contributed by atoms with Crippen molar-refractivity contribution in [2.24, 2.45) is 11.3 Å². The molecule has 2 nitrogen and oxygen atoms in total. The van der Waals surface area contributed by atoms with Crippen LogP contribution in [0.1, 0.15) is 47.0 Å². The van der Waals surface area contributed by atoms with Crippen molar-refractivity contribution in [3.8, 4) is 0 Å². The van der Waals surface area contributed by atoms with Gasteiger partial charge in [0.2, 0.25) is 0 Å². The second-order valence-corrected chi connectivity index (χ2v) is 6.49. The molecular weight excluding hydrogens is 198 g/mol. The van der Waals surface area contributed by atoms with Gasteiger partial charge in [-0.1, -0.05) is 27.7 Å². The predicted molar refractivity (Wildman–Crippen MR) is 69.7 cm³/mol. The Morgan fingerprint density at radius 3 is 2.38 bits per heavy atom. The first kappa shape index (κ1) is 14.0. The molecule has 2 heteroatoms. The highest BCUT2D eigenvalue weighted by Gasteiger charge is 2.15. The highest BCUT2D eigenvalue weighted by molar-refractivity contribution is 4.69. The SMILES string of the molecule is CC1CCN(CCCOCC(C)(C)C)CC1. The smallest absolute Gasteiger partial charge is 0.0514 e. The third-order valence-corrected chi connectivity index (χ3v) is 3.17. The number of piperidine rings is 1. The van der Waals surface area contributed by atoms with Gasteiger partial charge in [0, 0.05) is 13.2 Å². The van der Waals surface area contributed by atoms with Crippen molar-refractivity contribution in [2.75, 3.05) is 32.8 Å². The minimum absolute atomic E-state index is 0.306. The van der Waals surface area contributed by atoms with Gasteiger partial charge in [-0.05, 0) is 43.7 Å². The van der Waals surface area contributed by atoms with Gasteiger partial charge >= 0.3 is 0 Å². The molecular formula is C14H29NO. The third kappa shape index (κ3) is 6.49. The zero-order valence-corrected chi connectivity index (χ0v) is 11.6. The molecule has 1 saturated heterocycles. The van der Waals surface area contributed by atoms with E-state index in [0.29, 0.717) is 5.41 Å². The van der Waals surface area contributed by atoms with Crippen LogP contribution in [0.3, 0.4) is 0 Å². The summed E-state index contributed by atoms with van der Waals surface area (Å²) in [6.07, 6.45) is 3.94. The molecule has 0 unspecified atom stereocenters. The standard InChI is InChI=1S/C14H29NO/c1-13-6-9-15(10-7-13)8-5-11-16-12-14(2,3)4/h13H,5-12H2,1-4H3. The van der Waals surface area contributed by atoms with Crippen molar-refractivity contribution in [1.29, 1.82) is 0 Å². The van der Waals surface area contributed by atoms with Gasteiger partial charge in [-0.3, -0.25) is 0 Å². The molecule has 0 saturated carbocycles. The van der Waals surface area contributed by atoms with Gasteiger partial charge in [0.15, 0.2) is 0 Å². The Bertz CT molecular complexity index is 178. The maximum atomic E-state index is 5.68. The van der Waals surface area contributed by atoms with E-state index < -0.39 is 0 Å². The van der Waals surface area contributed by atoms with Crippen LogP contribution in [0.25, 0.3) is 0 Å². The molecule has 0 aromatic heterocycles. The molecule has 0 aliphatic carbocycles. The van der Waals surface area contributed by atoms with Crippen LogP contribution < -0.4 is 0 Å². The molecule has 1 fully saturated rings. The van der Waals surface area contributed by atoms with E-state index in [0.717, 1.165) is 19.1 Å². The summed E-state index contributed by atoms with van der Waals surface area (Å²) in [6, 6.07) is 0. The molecule has 96 valence electrons. The molecule has 0 spiro atoms. The molecule has 1 aliphatic rings. The Morgan fingerprint density at radius 1 is 1.19 bits per heavy atom. The lowest BCUT2D eigenvalue weighted by Crippen LogP contribution is -2.34. The molecule has 0 amide bonds. The minimum atomic E-state index is 0.306. The van der Waals surface area contributed by atoms with Crippen LogP contribution >= 0.6 is 0 Å². The van der Waals surface area contributed by atoms with Gasteiger partial charge in [0.25, 0.3) is 0 Å². The van der Waals surface area contributed by atoms with Crippen LogP contribution in [0.4, 0.5) is 0 Å². The van der Waals surface area contributed by atoms with Crippen molar-refractivity contribution in [2.45, 2.75) is 47.0 Å². The van der Waals surface area contributed by atoms with Gasteiger partial charge in [-0.25, -0.2) is 0 Å². The zero-order chi connectivity index (χ0) is 12.0. The van der Waals surface area contributed by atoms with Gasteiger partial charge in [-0.2, -0.15) is 0 Å². The van der Waals surface area contributed by atoms with Crippen LogP contribution in [-0.4, -0.2) is 37.7 Å². The van der Waals surface area contributed by atoms with E-state index in [9.17, 15) is 0 Å². The molecule has 16 heavy (non-hydrogen) atoms. The van der Waals surface area contributed by atoms with Crippen molar-refractivity contribution in [3.63, 3.8) is 0 Å². The summed E-state index contributed by atoms with van der Waals surface area (Å²) >= 11 is 0. The first-order valence-electron chi connectivity index (χ1n) is 6.77. The Balaban J connectivity index is 1.95. The molecule has 0 aromatic carbocycles. The summed E-state index contributed by atoms with van der Waals surface area (Å²) in [6.45, 7) is 14.6. The van der Waals surface area contributed by atoms with Crippen LogP contribution in [0.15, 0.2) is 0 Å². The van der Waals surface area contributed by atoms with Crippen LogP contribution in [-0.2, 0) is 4.74 Å². The summed E-state index contributed by atoms with van der Waals surface area (Å²) in [7, 11) is 0. The second kappa shape index (κ2) is 6.61. The van der Waals surface area contributed by atoms with Gasteiger partial charge in [0.05, 0.1) is 6.61 Å². The number of rotatable bonds is 5. The molecule has 1 aliphatic heterocycles. The normalized spacial score (nSPS) is 20.2. The van der Waals surface area contributed by atoms with Gasteiger partial charge < -0.3 is 9.64 Å². The quantitative estimate of drug-likeness (QED) is 0.669. The zero-order valence-electron chi connectivity index (χ0n) is 11.6. The summed E-state index contributed by atoms with van der Waals surface area (Å²) in [5.74, 6) is 0.938. The van der Waals surface area contributed by atoms with E-state index in [1.54, 1.807) is 0 Å². The Hall–Kier alpha value is -0.0800. The lowest BCUT2D eigenvalue weighted by Gasteiger charge is -2.30. The molecule has 0 radical (unpaired) electrons. The highest BCUT2D eigenvalue weighted by atomic mass is 16.5. The van der Waals surface area contributed by atoms with Gasteiger partial charge in [0.1, 0.15) is 0 Å². The van der Waals surface area contributed by atoms with E-state index >= 15 is 0 Å². The van der Waals surface area contributed by atoms with E-state index in [-0.39, 0.29) is 0 Å². The fourth-order valence-electron chi connectivity index (χ4n) is 2.05. The lowest BCUT2D eigenvalue weighted by molar-refractivity contribution is 0.0620. The first-order chi connectivity index (χ1) is 7.47. The molecule has 1 rings (SSSR count). The predicted octanol–water partition coefficient (Wildman–Crippen LogP) is 3.17. The molecule has 0 bridgehead atoms. The Morgan fingerprint density at radius 2 is 1.81 bits per heavy atom. The van der Waals surface area contributed by atoms with Crippen LogP contribution in [0.2, 0.25) is 0 Å². The average molecular weight is 227 g/mol. The van der Waals surface area contributed by atoms with E-state index in [1.807, 2.05) is 0 Å². The van der Waals surface area contributed by atoms with Crippen molar-refractivity contribution >= 4 is 0 Å². The number of hydrogen-bond donors (Lipinski definition) is 0. The van der Waals surface area contributed by atoms with E-state index in [2.05, 4.69) is 32.6 Å². The topological polar surface area (TPSA) is 12.5 Å². The largest absolute Gasteiger partial charge is 0.381 e. The summed E-state index contributed by atoms with van der Waals surface area (Å²) in [4.78, 5) is 2.58. The van der Waals surface area contributed by atoms with Crippen LogP contribution in [0, 0.1) is 11.3 Å². The minimum Gasteiger partial charge on any atom is -0.381 e. The van der Waals surface area contributed by atoms with E-state index in [4.69, 9.17) is 4.74 Å². The lowest BCUT2D eigenvalue weighted by atomic mass is 9.99. The molecule has 0 N–H and O–H groups in total. The average Bonchev–Trinajstić information content (AvgIpc) is 2.19.